The summed E-state index contributed by atoms with van der Waals surface area (Å²) in [7, 11) is -3.61. The second kappa shape index (κ2) is 11.5. The first kappa shape index (κ1) is 26.7. The van der Waals surface area contributed by atoms with Gasteiger partial charge < -0.3 is 9.30 Å². The zero-order chi connectivity index (χ0) is 26.7. The molecule has 7 nitrogen and oxygen atoms in total. The van der Waals surface area contributed by atoms with Gasteiger partial charge in [-0.2, -0.15) is 9.30 Å². The number of nitrogens with zero attached hydrogens (tertiary/aromatic N) is 3. The molecule has 4 aromatic rings. The summed E-state index contributed by atoms with van der Waals surface area (Å²) >= 11 is 1.48. The molecule has 9 heteroatoms. The zero-order valence-corrected chi connectivity index (χ0v) is 23.4. The first-order chi connectivity index (χ1) is 18.4. The van der Waals surface area contributed by atoms with Crippen LogP contribution >= 0.6 is 11.3 Å². The van der Waals surface area contributed by atoms with Crippen molar-refractivity contribution >= 4 is 48.3 Å². The predicted octanol–water partition coefficient (Wildman–Crippen LogP) is 5.59. The van der Waals surface area contributed by atoms with Gasteiger partial charge in [-0.3, -0.25) is 4.79 Å². The average Bonchev–Trinajstić information content (AvgIpc) is 3.30. The molecule has 0 aliphatic carbocycles. The minimum absolute atomic E-state index is 0.0289. The number of aromatic nitrogens is 1. The Kier molecular flexibility index (Phi) is 8.09. The number of hydrogen-bond donors (Lipinski definition) is 0. The number of piperidine rings is 1. The Balaban J connectivity index is 1.49. The number of carbonyl (C=O) groups is 1. The summed E-state index contributed by atoms with van der Waals surface area (Å²) in [6, 6.07) is 18.5. The van der Waals surface area contributed by atoms with Gasteiger partial charge >= 0.3 is 0 Å². The summed E-state index contributed by atoms with van der Waals surface area (Å²) in [5, 5.41) is 2.25. The molecule has 1 aliphatic heterocycles. The predicted molar refractivity (Wildman–Crippen MR) is 152 cm³/mol. The van der Waals surface area contributed by atoms with Crippen molar-refractivity contribution < 1.29 is 17.9 Å². The molecule has 5 rings (SSSR count). The molecule has 3 aromatic carbocycles. The van der Waals surface area contributed by atoms with Crippen molar-refractivity contribution in [3.8, 4) is 0 Å². The van der Waals surface area contributed by atoms with E-state index < -0.39 is 15.9 Å². The van der Waals surface area contributed by atoms with Crippen LogP contribution in [-0.2, 0) is 21.3 Å². The van der Waals surface area contributed by atoms with E-state index in [0.29, 0.717) is 36.7 Å². The molecule has 0 N–H and O–H groups in total. The number of amides is 1. The minimum Gasteiger partial charge on any atom is -0.380 e. The van der Waals surface area contributed by atoms with Crippen molar-refractivity contribution in [3.05, 3.63) is 71.0 Å². The van der Waals surface area contributed by atoms with E-state index in [-0.39, 0.29) is 10.9 Å². The Labute approximate surface area is 227 Å². The fourth-order valence-electron chi connectivity index (χ4n) is 5.15. The number of fused-ring (bicyclic) bond motifs is 3. The lowest BCUT2D eigenvalue weighted by Gasteiger charge is -2.34. The molecular formula is C29H33N3O4S2. The molecule has 1 fully saturated rings. The summed E-state index contributed by atoms with van der Waals surface area (Å²) in [4.78, 5) is 18.5. The second-order valence-electron chi connectivity index (χ2n) is 9.48. The van der Waals surface area contributed by atoms with Crippen LogP contribution in [0.1, 0.15) is 49.9 Å². The van der Waals surface area contributed by atoms with E-state index in [1.807, 2.05) is 30.5 Å². The molecule has 0 saturated carbocycles. The van der Waals surface area contributed by atoms with Crippen LogP contribution in [0.3, 0.4) is 0 Å². The lowest BCUT2D eigenvalue weighted by Crippen LogP contribution is -2.43. The van der Waals surface area contributed by atoms with Gasteiger partial charge in [-0.15, -0.1) is 0 Å². The first-order valence-electron chi connectivity index (χ1n) is 13.2. The third-order valence-corrected chi connectivity index (χ3v) is 10.3. The molecular weight excluding hydrogens is 518 g/mol. The van der Waals surface area contributed by atoms with E-state index in [1.54, 1.807) is 16.4 Å². The van der Waals surface area contributed by atoms with Crippen molar-refractivity contribution in [2.75, 3.05) is 19.8 Å². The third-order valence-electron chi connectivity index (χ3n) is 7.19. The molecule has 0 bridgehead atoms. The highest BCUT2D eigenvalue weighted by Gasteiger charge is 2.32. The van der Waals surface area contributed by atoms with Gasteiger partial charge in [0.15, 0.2) is 4.80 Å². The fraction of sp³-hybridized carbons (Fsp3) is 0.379. The number of rotatable bonds is 8. The Morgan fingerprint density at radius 3 is 2.61 bits per heavy atom. The normalized spacial score (nSPS) is 17.4. The maximum absolute atomic E-state index is 13.3. The third kappa shape index (κ3) is 5.20. The van der Waals surface area contributed by atoms with Crippen LogP contribution in [0.2, 0.25) is 0 Å². The number of hydrogen-bond acceptors (Lipinski definition) is 5. The van der Waals surface area contributed by atoms with Crippen LogP contribution < -0.4 is 4.80 Å². The van der Waals surface area contributed by atoms with Gasteiger partial charge in [0.2, 0.25) is 10.0 Å². The Bertz CT molecular complexity index is 1620. The van der Waals surface area contributed by atoms with Crippen LogP contribution in [0.5, 0.6) is 0 Å². The van der Waals surface area contributed by atoms with Crippen molar-refractivity contribution in [2.24, 2.45) is 4.99 Å². The van der Waals surface area contributed by atoms with Gasteiger partial charge in [-0.25, -0.2) is 8.42 Å². The molecule has 1 saturated heterocycles. The van der Waals surface area contributed by atoms with Gasteiger partial charge in [-0.1, -0.05) is 55.0 Å². The smallest absolute Gasteiger partial charge is 0.279 e. The quantitative estimate of drug-likeness (QED) is 0.268. The lowest BCUT2D eigenvalue weighted by molar-refractivity contribution is 0.0996. The van der Waals surface area contributed by atoms with E-state index in [0.717, 1.165) is 46.7 Å². The molecule has 1 amide bonds. The van der Waals surface area contributed by atoms with Crippen LogP contribution in [0.4, 0.5) is 0 Å². The molecule has 1 aromatic heterocycles. The number of thiazole rings is 1. The van der Waals surface area contributed by atoms with Gasteiger partial charge in [0, 0.05) is 36.7 Å². The van der Waals surface area contributed by atoms with E-state index in [4.69, 9.17) is 4.74 Å². The molecule has 0 radical (unpaired) electrons. The summed E-state index contributed by atoms with van der Waals surface area (Å²) in [6.45, 7) is 6.22. The van der Waals surface area contributed by atoms with Crippen LogP contribution in [-0.4, -0.2) is 49.0 Å². The Hall–Kier alpha value is -2.85. The van der Waals surface area contributed by atoms with Crippen molar-refractivity contribution in [1.82, 2.24) is 8.87 Å². The van der Waals surface area contributed by atoms with Crippen LogP contribution in [0, 0.1) is 0 Å². The summed E-state index contributed by atoms with van der Waals surface area (Å²) < 4.78 is 36.9. The van der Waals surface area contributed by atoms with Gasteiger partial charge in [0.25, 0.3) is 5.91 Å². The standard InChI is InChI=1S/C29H33N3O4S2/c1-3-23-10-7-8-18-32(23)38(34,35)24-15-12-22(13-16-24)28(33)30-29-31(19-20-36-4-2)26-17-14-21-9-5-6-11-25(21)27(26)37-29/h5-6,9,11-17,23H,3-4,7-8,10,18-20H2,1-2H3. The fourth-order valence-corrected chi connectivity index (χ4v) is 8.11. The maximum Gasteiger partial charge on any atom is 0.279 e. The van der Waals surface area contributed by atoms with Crippen LogP contribution in [0.15, 0.2) is 70.6 Å². The Morgan fingerprint density at radius 2 is 1.84 bits per heavy atom. The molecule has 1 aliphatic rings. The van der Waals surface area contributed by atoms with E-state index >= 15 is 0 Å². The molecule has 200 valence electrons. The molecule has 0 spiro atoms. The zero-order valence-electron chi connectivity index (χ0n) is 21.8. The highest BCUT2D eigenvalue weighted by atomic mass is 32.2. The first-order valence-corrected chi connectivity index (χ1v) is 15.5. The molecule has 38 heavy (non-hydrogen) atoms. The topological polar surface area (TPSA) is 81.0 Å². The van der Waals surface area contributed by atoms with E-state index in [2.05, 4.69) is 29.3 Å². The van der Waals surface area contributed by atoms with Crippen molar-refractivity contribution in [1.29, 1.82) is 0 Å². The SMILES string of the molecule is CCOCCn1c(=NC(=O)c2ccc(S(=O)(=O)N3CCCCC3CC)cc2)sc2c3ccccc3ccc21. The van der Waals surface area contributed by atoms with Crippen LogP contribution in [0.25, 0.3) is 21.0 Å². The Morgan fingerprint density at radius 1 is 1.05 bits per heavy atom. The maximum atomic E-state index is 13.3. The van der Waals surface area contributed by atoms with E-state index in [1.165, 1.54) is 23.5 Å². The van der Waals surface area contributed by atoms with Crippen molar-refractivity contribution in [3.63, 3.8) is 0 Å². The van der Waals surface area contributed by atoms with Gasteiger partial charge in [-0.05, 0) is 61.9 Å². The van der Waals surface area contributed by atoms with Gasteiger partial charge in [0.1, 0.15) is 0 Å². The second-order valence-corrected chi connectivity index (χ2v) is 12.4. The largest absolute Gasteiger partial charge is 0.380 e. The molecule has 1 atom stereocenters. The average molecular weight is 552 g/mol. The monoisotopic (exact) mass is 551 g/mol. The molecule has 1 unspecified atom stereocenters. The molecule has 2 heterocycles. The summed E-state index contributed by atoms with van der Waals surface area (Å²) in [5.41, 5.74) is 1.36. The number of carbonyl (C=O) groups excluding carboxylic acids is 1. The number of sulfonamides is 1. The highest BCUT2D eigenvalue weighted by Crippen LogP contribution is 2.29. The number of ether oxygens (including phenoxy) is 1. The minimum atomic E-state index is -3.61. The van der Waals surface area contributed by atoms with Gasteiger partial charge in [0.05, 0.1) is 21.7 Å². The lowest BCUT2D eigenvalue weighted by atomic mass is 10.0. The number of benzene rings is 3. The highest BCUT2D eigenvalue weighted by molar-refractivity contribution is 7.89. The summed E-state index contributed by atoms with van der Waals surface area (Å²) in [6.07, 6.45) is 3.61. The summed E-state index contributed by atoms with van der Waals surface area (Å²) in [5.74, 6) is -0.403. The van der Waals surface area contributed by atoms with E-state index in [9.17, 15) is 13.2 Å². The van der Waals surface area contributed by atoms with Crippen molar-refractivity contribution in [2.45, 2.75) is 57.0 Å².